The molecule has 0 atom stereocenters. The average molecular weight is 287 g/mol. The lowest BCUT2D eigenvalue weighted by Gasteiger charge is -2.27. The van der Waals surface area contributed by atoms with Gasteiger partial charge >= 0.3 is 0 Å². The topological polar surface area (TPSA) is 27.0 Å². The van der Waals surface area contributed by atoms with Crippen LogP contribution >= 0.6 is 15.9 Å². The molecule has 17 heavy (non-hydrogen) atoms. The molecule has 0 spiro atoms. The Morgan fingerprint density at radius 2 is 1.88 bits per heavy atom. The number of nitrogens with zero attached hydrogens (tertiary/aromatic N) is 2. The lowest BCUT2D eigenvalue weighted by Crippen LogP contribution is -2.17. The minimum Gasteiger partial charge on any atom is -0.344 e. The Balaban J connectivity index is 2.40. The van der Waals surface area contributed by atoms with Crippen LogP contribution in [0.25, 0.3) is 5.70 Å². The first-order valence-corrected chi connectivity index (χ1v) is 5.94. The summed E-state index contributed by atoms with van der Waals surface area (Å²) in [7, 11) is 1.97. The van der Waals surface area contributed by atoms with Gasteiger partial charge in [0.15, 0.2) is 0 Å². The third-order valence-corrected chi connectivity index (χ3v) is 3.46. The van der Waals surface area contributed by atoms with Crippen molar-refractivity contribution in [2.45, 2.75) is 0 Å². The second-order valence-electron chi connectivity index (χ2n) is 3.76. The molecule has 1 aliphatic heterocycles. The summed E-state index contributed by atoms with van der Waals surface area (Å²) in [6.07, 6.45) is 4.01. The third-order valence-electron chi connectivity index (χ3n) is 2.74. The van der Waals surface area contributed by atoms with Gasteiger partial charge in [-0.2, -0.15) is 5.26 Å². The molecular weight excluding hydrogens is 276 g/mol. The van der Waals surface area contributed by atoms with Gasteiger partial charge in [0.25, 0.3) is 0 Å². The van der Waals surface area contributed by atoms with Gasteiger partial charge in [-0.3, -0.25) is 0 Å². The van der Waals surface area contributed by atoms with Gasteiger partial charge in [0, 0.05) is 22.9 Å². The van der Waals surface area contributed by atoms with Crippen LogP contribution in [0.5, 0.6) is 0 Å². The zero-order valence-electron chi connectivity index (χ0n) is 9.44. The van der Waals surface area contributed by atoms with Crippen LogP contribution in [0.4, 0.5) is 0 Å². The standard InChI is InChI=1S/C14H11BrN2/c1-10-13(15)7-8-14(17(10)2)12-5-3-11(9-16)4-6-12/h3-8H,1H2,2H3. The van der Waals surface area contributed by atoms with Gasteiger partial charge in [0.05, 0.1) is 11.6 Å². The van der Waals surface area contributed by atoms with Gasteiger partial charge in [-0.15, -0.1) is 0 Å². The van der Waals surface area contributed by atoms with E-state index in [1.54, 1.807) is 0 Å². The van der Waals surface area contributed by atoms with Crippen LogP contribution in [0.1, 0.15) is 11.1 Å². The average Bonchev–Trinajstić information content (AvgIpc) is 2.36. The second-order valence-corrected chi connectivity index (χ2v) is 4.62. The monoisotopic (exact) mass is 286 g/mol. The highest BCUT2D eigenvalue weighted by Gasteiger charge is 2.15. The Labute approximate surface area is 109 Å². The zero-order valence-corrected chi connectivity index (χ0v) is 11.0. The largest absolute Gasteiger partial charge is 0.344 e. The molecule has 1 heterocycles. The van der Waals surface area contributed by atoms with E-state index in [0.717, 1.165) is 21.4 Å². The smallest absolute Gasteiger partial charge is 0.0991 e. The summed E-state index contributed by atoms with van der Waals surface area (Å²) in [5.41, 5.74) is 3.74. The predicted molar refractivity (Wildman–Crippen MR) is 73.0 cm³/mol. The maximum Gasteiger partial charge on any atom is 0.0991 e. The molecule has 1 aliphatic rings. The van der Waals surface area contributed by atoms with Crippen LogP contribution in [0.15, 0.2) is 53.2 Å². The van der Waals surface area contributed by atoms with E-state index in [1.165, 1.54) is 0 Å². The molecule has 84 valence electrons. The fraction of sp³-hybridized carbons (Fsp3) is 0.0714. The van der Waals surface area contributed by atoms with Crippen molar-refractivity contribution >= 4 is 21.6 Å². The first-order valence-electron chi connectivity index (χ1n) is 5.14. The zero-order chi connectivity index (χ0) is 12.4. The second kappa shape index (κ2) is 4.60. The number of halogens is 1. The van der Waals surface area contributed by atoms with Crippen molar-refractivity contribution in [2.24, 2.45) is 0 Å². The number of hydrogen-bond acceptors (Lipinski definition) is 2. The Kier molecular flexibility index (Phi) is 3.16. The molecule has 0 aliphatic carbocycles. The number of rotatable bonds is 1. The number of likely N-dealkylation sites (N-methyl/N-ethyl adjacent to an activating group) is 1. The summed E-state index contributed by atoms with van der Waals surface area (Å²) in [5, 5.41) is 8.76. The van der Waals surface area contributed by atoms with Crippen molar-refractivity contribution in [1.29, 1.82) is 5.26 Å². The van der Waals surface area contributed by atoms with Crippen molar-refractivity contribution in [1.82, 2.24) is 4.90 Å². The van der Waals surface area contributed by atoms with Crippen LogP contribution in [0, 0.1) is 11.3 Å². The molecule has 1 aromatic rings. The van der Waals surface area contributed by atoms with Crippen molar-refractivity contribution in [2.75, 3.05) is 7.05 Å². The van der Waals surface area contributed by atoms with Crippen LogP contribution < -0.4 is 0 Å². The van der Waals surface area contributed by atoms with Gasteiger partial charge < -0.3 is 4.90 Å². The highest BCUT2D eigenvalue weighted by atomic mass is 79.9. The lowest BCUT2D eigenvalue weighted by molar-refractivity contribution is 0.613. The van der Waals surface area contributed by atoms with Crippen molar-refractivity contribution in [3.05, 3.63) is 64.3 Å². The van der Waals surface area contributed by atoms with Crippen LogP contribution in [0.2, 0.25) is 0 Å². The molecule has 0 bridgehead atoms. The summed E-state index contributed by atoms with van der Waals surface area (Å²) >= 11 is 3.45. The van der Waals surface area contributed by atoms with Crippen molar-refractivity contribution in [3.63, 3.8) is 0 Å². The minimum absolute atomic E-state index is 0.670. The normalized spacial score (nSPS) is 15.1. The van der Waals surface area contributed by atoms with Crippen LogP contribution in [-0.4, -0.2) is 11.9 Å². The van der Waals surface area contributed by atoms with Gasteiger partial charge in [-0.1, -0.05) is 18.7 Å². The minimum atomic E-state index is 0.670. The number of hydrogen-bond donors (Lipinski definition) is 0. The van der Waals surface area contributed by atoms with E-state index in [4.69, 9.17) is 5.26 Å². The molecule has 2 nitrogen and oxygen atoms in total. The number of nitriles is 1. The van der Waals surface area contributed by atoms with E-state index < -0.39 is 0 Å². The Morgan fingerprint density at radius 1 is 1.24 bits per heavy atom. The molecule has 0 amide bonds. The Morgan fingerprint density at radius 3 is 2.47 bits per heavy atom. The highest BCUT2D eigenvalue weighted by Crippen LogP contribution is 2.31. The molecule has 0 fully saturated rings. The van der Waals surface area contributed by atoms with E-state index in [0.29, 0.717) is 5.56 Å². The molecule has 0 N–H and O–H groups in total. The molecule has 0 saturated carbocycles. The molecule has 0 aromatic heterocycles. The molecule has 0 saturated heterocycles. The van der Waals surface area contributed by atoms with E-state index in [-0.39, 0.29) is 0 Å². The van der Waals surface area contributed by atoms with E-state index in [1.807, 2.05) is 48.4 Å². The fourth-order valence-electron chi connectivity index (χ4n) is 1.67. The Bertz CT molecular complexity index is 559. The summed E-state index contributed by atoms with van der Waals surface area (Å²) in [6, 6.07) is 9.64. The number of benzene rings is 1. The van der Waals surface area contributed by atoms with Gasteiger partial charge in [-0.25, -0.2) is 0 Å². The van der Waals surface area contributed by atoms with Gasteiger partial charge in [0.2, 0.25) is 0 Å². The molecule has 2 rings (SSSR count). The molecular formula is C14H11BrN2. The molecule has 3 heteroatoms. The summed E-state index contributed by atoms with van der Waals surface area (Å²) < 4.78 is 0.984. The summed E-state index contributed by atoms with van der Waals surface area (Å²) in [4.78, 5) is 2.02. The molecule has 1 aromatic carbocycles. The van der Waals surface area contributed by atoms with Crippen molar-refractivity contribution in [3.8, 4) is 6.07 Å². The van der Waals surface area contributed by atoms with E-state index in [2.05, 4.69) is 28.6 Å². The first-order chi connectivity index (χ1) is 8.13. The van der Waals surface area contributed by atoms with E-state index >= 15 is 0 Å². The quantitative estimate of drug-likeness (QED) is 0.788. The summed E-state index contributed by atoms with van der Waals surface area (Å²) in [6.45, 7) is 4.00. The summed E-state index contributed by atoms with van der Waals surface area (Å²) in [5.74, 6) is 0. The highest BCUT2D eigenvalue weighted by molar-refractivity contribution is 9.12. The van der Waals surface area contributed by atoms with Gasteiger partial charge in [-0.05, 0) is 45.8 Å². The third kappa shape index (κ3) is 2.17. The SMILES string of the molecule is C=C1C(Br)=CC=C(c2ccc(C#N)cc2)N1C. The Hall–Kier alpha value is -1.79. The predicted octanol–water partition coefficient (Wildman–Crippen LogP) is 3.64. The maximum atomic E-state index is 8.76. The van der Waals surface area contributed by atoms with Crippen LogP contribution in [0.3, 0.4) is 0 Å². The van der Waals surface area contributed by atoms with E-state index in [9.17, 15) is 0 Å². The van der Waals surface area contributed by atoms with Crippen molar-refractivity contribution < 1.29 is 0 Å². The lowest BCUT2D eigenvalue weighted by atomic mass is 10.1. The fourth-order valence-corrected chi connectivity index (χ4v) is 2.07. The first kappa shape index (κ1) is 11.7. The van der Waals surface area contributed by atoms with Crippen LogP contribution in [-0.2, 0) is 0 Å². The molecule has 0 radical (unpaired) electrons. The number of allylic oxidation sites excluding steroid dienone is 3. The maximum absolute atomic E-state index is 8.76. The molecule has 0 unspecified atom stereocenters. The van der Waals surface area contributed by atoms with Gasteiger partial charge in [0.1, 0.15) is 0 Å².